The number of methoxy groups -OCH3 is 2. The molecule has 0 amide bonds. The number of benzene rings is 2. The van der Waals surface area contributed by atoms with Crippen molar-refractivity contribution in [2.45, 2.75) is 25.1 Å². The number of phenols is 2. The van der Waals surface area contributed by atoms with Gasteiger partial charge in [-0.15, -0.1) is 0 Å². The number of carboxylic acid groups (broad SMARTS) is 1. The third kappa shape index (κ3) is 5.74. The van der Waals surface area contributed by atoms with Crippen LogP contribution in [0.3, 0.4) is 0 Å². The average molecular weight is 459 g/mol. The van der Waals surface area contributed by atoms with E-state index in [9.17, 15) is 28.6 Å². The minimum absolute atomic E-state index is 0.0331. The van der Waals surface area contributed by atoms with Gasteiger partial charge in [0.15, 0.2) is 23.0 Å². The van der Waals surface area contributed by atoms with Crippen LogP contribution >= 0.6 is 0 Å². The molecule has 32 heavy (non-hydrogen) atoms. The monoisotopic (exact) mass is 459 g/mol. The van der Waals surface area contributed by atoms with Gasteiger partial charge in [-0.25, -0.2) is 4.79 Å². The Labute approximate surface area is 182 Å². The molecule has 2 aromatic rings. The molecule has 0 bridgehead atoms. The lowest BCUT2D eigenvalue weighted by Crippen LogP contribution is -2.47. The van der Waals surface area contributed by atoms with Crippen LogP contribution in [0.25, 0.3) is 0 Å². The van der Waals surface area contributed by atoms with Gasteiger partial charge in [-0.2, -0.15) is 13.2 Å². The van der Waals surface area contributed by atoms with Crippen molar-refractivity contribution >= 4 is 5.97 Å². The molecule has 0 saturated carbocycles. The highest BCUT2D eigenvalue weighted by Crippen LogP contribution is 2.42. The molecule has 2 aromatic carbocycles. The fourth-order valence-corrected chi connectivity index (χ4v) is 3.50. The van der Waals surface area contributed by atoms with Gasteiger partial charge in [-0.05, 0) is 35.4 Å². The number of hydrogen-bond acceptors (Lipinski definition) is 6. The number of carboxylic acids is 1. The van der Waals surface area contributed by atoms with E-state index < -0.39 is 16.8 Å². The van der Waals surface area contributed by atoms with E-state index in [2.05, 4.69) is 0 Å². The maximum atomic E-state index is 13.0. The standard InChI is InChI=1S/C19H23NO5.C2HF3O2/c1-20(23)7-6-13-10-19(25-3)17(22)11-14(13)15(20)8-12-4-5-18(24-2)16(21)9-12;3-2(4,5)1(6)7/h4-5,9-11,15,21-22H,6-8H2,1-3H3;(H,6,7)/t15-,20+;/m0./s1. The number of hydrogen-bond donors (Lipinski definition) is 3. The summed E-state index contributed by atoms with van der Waals surface area (Å²) < 4.78 is 41.6. The Balaban J connectivity index is 0.000000451. The summed E-state index contributed by atoms with van der Waals surface area (Å²) in [6.07, 6.45) is -3.99. The summed E-state index contributed by atoms with van der Waals surface area (Å²) in [5.41, 5.74) is 2.69. The highest BCUT2D eigenvalue weighted by molar-refractivity contribution is 5.73. The second-order valence-corrected chi connectivity index (χ2v) is 7.40. The fraction of sp³-hybridized carbons (Fsp3) is 0.381. The van der Waals surface area contributed by atoms with E-state index in [1.165, 1.54) is 14.2 Å². The van der Waals surface area contributed by atoms with Crippen molar-refractivity contribution in [2.24, 2.45) is 0 Å². The number of phenolic OH excluding ortho intramolecular Hbond substituents is 2. The van der Waals surface area contributed by atoms with Gasteiger partial charge in [0.25, 0.3) is 0 Å². The van der Waals surface area contributed by atoms with E-state index in [4.69, 9.17) is 19.4 Å². The van der Waals surface area contributed by atoms with Crippen LogP contribution in [-0.2, 0) is 17.6 Å². The zero-order valence-electron chi connectivity index (χ0n) is 17.6. The molecule has 0 saturated heterocycles. The van der Waals surface area contributed by atoms with E-state index in [1.807, 2.05) is 12.1 Å². The Kier molecular flexibility index (Phi) is 7.47. The zero-order chi connectivity index (χ0) is 24.3. The number of aromatic hydroxyl groups is 2. The predicted molar refractivity (Wildman–Crippen MR) is 108 cm³/mol. The quantitative estimate of drug-likeness (QED) is 0.473. The SMILES string of the molecule is COc1ccc(C[C@H]2c3cc(O)c(OC)cc3CC[N@@+]2(C)[O-])cc1O.O=C(O)C(F)(F)F. The maximum Gasteiger partial charge on any atom is 0.490 e. The first-order chi connectivity index (χ1) is 14.8. The number of ether oxygens (including phenoxy) is 2. The lowest BCUT2D eigenvalue weighted by Gasteiger charge is -2.49. The van der Waals surface area contributed by atoms with Crippen molar-refractivity contribution in [2.75, 3.05) is 27.8 Å². The average Bonchev–Trinajstić information content (AvgIpc) is 2.70. The van der Waals surface area contributed by atoms with Crippen molar-refractivity contribution < 1.29 is 47.4 Å². The lowest BCUT2D eigenvalue weighted by molar-refractivity contribution is -0.894. The van der Waals surface area contributed by atoms with Gasteiger partial charge in [0.1, 0.15) is 6.04 Å². The Morgan fingerprint density at radius 1 is 1.12 bits per heavy atom. The molecule has 3 rings (SSSR count). The Bertz CT molecular complexity index is 977. The largest absolute Gasteiger partial charge is 0.633 e. The van der Waals surface area contributed by atoms with Crippen LogP contribution in [0, 0.1) is 5.21 Å². The van der Waals surface area contributed by atoms with Gasteiger partial charge in [-0.1, -0.05) is 6.07 Å². The van der Waals surface area contributed by atoms with Crippen LogP contribution in [0.4, 0.5) is 13.2 Å². The molecule has 2 atom stereocenters. The first-order valence-corrected chi connectivity index (χ1v) is 9.42. The van der Waals surface area contributed by atoms with E-state index in [0.717, 1.165) is 16.7 Å². The third-order valence-corrected chi connectivity index (χ3v) is 5.20. The van der Waals surface area contributed by atoms with Crippen molar-refractivity contribution in [3.63, 3.8) is 0 Å². The molecule has 0 aliphatic carbocycles. The summed E-state index contributed by atoms with van der Waals surface area (Å²) in [5, 5.41) is 40.3. The van der Waals surface area contributed by atoms with Gasteiger partial charge in [-0.3, -0.25) is 0 Å². The Morgan fingerprint density at radius 2 is 1.69 bits per heavy atom. The van der Waals surface area contributed by atoms with Crippen molar-refractivity contribution in [3.8, 4) is 23.0 Å². The normalized spacial score (nSPS) is 19.9. The van der Waals surface area contributed by atoms with Crippen LogP contribution in [0.2, 0.25) is 0 Å². The topological polar surface area (TPSA) is 119 Å². The molecule has 0 fully saturated rings. The maximum absolute atomic E-state index is 13.0. The fourth-order valence-electron chi connectivity index (χ4n) is 3.50. The minimum atomic E-state index is -5.08. The number of nitrogens with zero attached hydrogens (tertiary/aromatic N) is 1. The second kappa shape index (κ2) is 9.53. The number of likely N-dealkylation sites (N-methyl/N-ethyl adjacent to an activating group) is 1. The van der Waals surface area contributed by atoms with Gasteiger partial charge in [0.05, 0.1) is 27.8 Å². The summed E-state index contributed by atoms with van der Waals surface area (Å²) in [6, 6.07) is 8.23. The highest BCUT2D eigenvalue weighted by Gasteiger charge is 2.38. The van der Waals surface area contributed by atoms with Gasteiger partial charge in [0, 0.05) is 18.4 Å². The third-order valence-electron chi connectivity index (χ3n) is 5.20. The van der Waals surface area contributed by atoms with E-state index in [1.54, 1.807) is 25.2 Å². The number of alkyl halides is 3. The molecule has 3 N–H and O–H groups in total. The summed E-state index contributed by atoms with van der Waals surface area (Å²) >= 11 is 0. The van der Waals surface area contributed by atoms with Gasteiger partial charge in [0.2, 0.25) is 0 Å². The van der Waals surface area contributed by atoms with Crippen molar-refractivity contribution in [1.29, 1.82) is 0 Å². The predicted octanol–water partition coefficient (Wildman–Crippen LogP) is 3.53. The number of carbonyl (C=O) groups is 1. The number of hydroxylamine groups is 3. The minimum Gasteiger partial charge on any atom is -0.633 e. The van der Waals surface area contributed by atoms with E-state index in [0.29, 0.717) is 30.9 Å². The number of quaternary nitrogens is 1. The van der Waals surface area contributed by atoms with Gasteiger partial charge >= 0.3 is 12.1 Å². The van der Waals surface area contributed by atoms with Crippen molar-refractivity contribution in [1.82, 2.24) is 0 Å². The number of aliphatic carboxylic acids is 1. The number of fused-ring (bicyclic) bond motifs is 1. The molecule has 1 heterocycles. The Hall–Kier alpha value is -3.18. The molecular formula is C21H24F3NO7. The molecule has 0 unspecified atom stereocenters. The number of halogens is 3. The molecule has 1 aliphatic rings. The van der Waals surface area contributed by atoms with E-state index in [-0.39, 0.29) is 17.5 Å². The van der Waals surface area contributed by atoms with Crippen LogP contribution in [0.15, 0.2) is 30.3 Å². The van der Waals surface area contributed by atoms with E-state index >= 15 is 0 Å². The molecule has 0 spiro atoms. The Morgan fingerprint density at radius 3 is 2.19 bits per heavy atom. The lowest BCUT2D eigenvalue weighted by atomic mass is 9.88. The molecule has 1 aliphatic heterocycles. The van der Waals surface area contributed by atoms with Gasteiger partial charge < -0.3 is 34.6 Å². The molecular weight excluding hydrogens is 435 g/mol. The molecule has 0 radical (unpaired) electrons. The summed E-state index contributed by atoms with van der Waals surface area (Å²) in [4.78, 5) is 8.90. The number of rotatable bonds is 4. The summed E-state index contributed by atoms with van der Waals surface area (Å²) in [5.74, 6) is -1.86. The van der Waals surface area contributed by atoms with Crippen LogP contribution in [0.1, 0.15) is 22.7 Å². The smallest absolute Gasteiger partial charge is 0.490 e. The zero-order valence-corrected chi connectivity index (χ0v) is 17.6. The molecule has 11 heteroatoms. The van der Waals surface area contributed by atoms with Crippen LogP contribution < -0.4 is 9.47 Å². The second-order valence-electron chi connectivity index (χ2n) is 7.40. The van der Waals surface area contributed by atoms with Crippen LogP contribution in [0.5, 0.6) is 23.0 Å². The molecule has 176 valence electrons. The first-order valence-electron chi connectivity index (χ1n) is 9.42. The first kappa shape index (κ1) is 25.1. The van der Waals surface area contributed by atoms with Crippen LogP contribution in [-0.4, -0.2) is 59.9 Å². The summed E-state index contributed by atoms with van der Waals surface area (Å²) in [7, 11) is 4.65. The van der Waals surface area contributed by atoms with Crippen molar-refractivity contribution in [3.05, 3.63) is 52.2 Å². The molecule has 8 nitrogen and oxygen atoms in total. The highest BCUT2D eigenvalue weighted by atomic mass is 19.4. The summed E-state index contributed by atoms with van der Waals surface area (Å²) in [6.45, 7) is 0.452. The molecule has 0 aromatic heterocycles.